The summed E-state index contributed by atoms with van der Waals surface area (Å²) in [5.74, 6) is -1.41. The van der Waals surface area contributed by atoms with Crippen LogP contribution in [-0.4, -0.2) is 15.9 Å². The molecule has 2 aromatic carbocycles. The Labute approximate surface area is 163 Å². The molecule has 0 atom stereocenters. The van der Waals surface area contributed by atoms with E-state index in [1.165, 1.54) is 26.0 Å². The van der Waals surface area contributed by atoms with E-state index in [1.807, 2.05) is 30.3 Å². The molecule has 0 spiro atoms. The van der Waals surface area contributed by atoms with E-state index in [0.29, 0.717) is 11.3 Å². The maximum atomic E-state index is 13.2. The van der Waals surface area contributed by atoms with Crippen molar-refractivity contribution in [2.24, 2.45) is 0 Å². The second-order valence-corrected chi connectivity index (χ2v) is 5.34. The Morgan fingerprint density at radius 3 is 2.42 bits per heavy atom. The van der Waals surface area contributed by atoms with Crippen LogP contribution in [0.15, 0.2) is 60.5 Å². The second kappa shape index (κ2) is 9.90. The largest absolute Gasteiger partial charge is 0.512 e. The van der Waals surface area contributed by atoms with Gasteiger partial charge in [0.05, 0.1) is 5.76 Å². The van der Waals surface area contributed by atoms with Crippen LogP contribution in [0.3, 0.4) is 0 Å². The van der Waals surface area contributed by atoms with E-state index in [1.54, 1.807) is 6.20 Å². The number of halogens is 2. The predicted octanol–water partition coefficient (Wildman–Crippen LogP) is 5.01. The maximum absolute atomic E-state index is 13.2. The van der Waals surface area contributed by atoms with E-state index >= 15 is 0 Å². The number of fused-ring (bicyclic) bond motifs is 1. The SMILES string of the molecule is CC(=O)/C=C(/C)O.Fc1[c-]c(-c2nccc3ccccc23)cc(F)c1.[Ir]. The molecular weight excluding hydrogens is 516 g/mol. The summed E-state index contributed by atoms with van der Waals surface area (Å²) in [4.78, 5) is 14.2. The molecule has 0 unspecified atom stereocenters. The van der Waals surface area contributed by atoms with Crippen LogP contribution in [0.1, 0.15) is 13.8 Å². The summed E-state index contributed by atoms with van der Waals surface area (Å²) in [5.41, 5.74) is 0.857. The molecule has 1 aromatic heterocycles. The molecular formula is C20H16F2IrNO2-. The first-order valence-corrected chi connectivity index (χ1v) is 7.47. The smallest absolute Gasteiger partial charge is 0.155 e. The third-order valence-electron chi connectivity index (χ3n) is 3.14. The van der Waals surface area contributed by atoms with Gasteiger partial charge in [0.25, 0.3) is 0 Å². The second-order valence-electron chi connectivity index (χ2n) is 5.34. The number of hydrogen-bond acceptors (Lipinski definition) is 3. The van der Waals surface area contributed by atoms with Crippen LogP contribution in [0.4, 0.5) is 8.78 Å². The molecule has 3 nitrogen and oxygen atoms in total. The Kier molecular flexibility index (Phi) is 8.23. The number of benzene rings is 2. The van der Waals surface area contributed by atoms with Gasteiger partial charge in [-0.3, -0.25) is 4.79 Å². The molecule has 1 heterocycles. The van der Waals surface area contributed by atoms with Crippen LogP contribution in [0.2, 0.25) is 0 Å². The minimum absolute atomic E-state index is 0. The van der Waals surface area contributed by atoms with Gasteiger partial charge in [0.2, 0.25) is 0 Å². The summed E-state index contributed by atoms with van der Waals surface area (Å²) < 4.78 is 26.4. The topological polar surface area (TPSA) is 50.2 Å². The van der Waals surface area contributed by atoms with Crippen LogP contribution in [0.5, 0.6) is 0 Å². The molecule has 26 heavy (non-hydrogen) atoms. The fourth-order valence-corrected chi connectivity index (χ4v) is 2.26. The number of aliphatic hydroxyl groups is 1. The number of hydrogen-bond donors (Lipinski definition) is 1. The zero-order valence-corrected chi connectivity index (χ0v) is 16.5. The summed E-state index contributed by atoms with van der Waals surface area (Å²) in [6, 6.07) is 13.9. The number of allylic oxidation sites excluding steroid dienone is 2. The van der Waals surface area contributed by atoms with Crippen molar-refractivity contribution >= 4 is 16.6 Å². The maximum Gasteiger partial charge on any atom is 0.155 e. The number of nitrogens with zero attached hydrogens (tertiary/aromatic N) is 1. The van der Waals surface area contributed by atoms with E-state index in [9.17, 15) is 13.6 Å². The van der Waals surface area contributed by atoms with Crippen LogP contribution in [0, 0.1) is 17.7 Å². The normalized spacial score (nSPS) is 10.5. The molecule has 137 valence electrons. The number of aromatic nitrogens is 1. The van der Waals surface area contributed by atoms with E-state index < -0.39 is 11.6 Å². The Hall–Kier alpha value is -2.43. The zero-order valence-electron chi connectivity index (χ0n) is 14.1. The fourth-order valence-electron chi connectivity index (χ4n) is 2.26. The van der Waals surface area contributed by atoms with Gasteiger partial charge >= 0.3 is 0 Å². The summed E-state index contributed by atoms with van der Waals surface area (Å²) in [6.45, 7) is 2.85. The summed E-state index contributed by atoms with van der Waals surface area (Å²) in [6.07, 6.45) is 2.79. The third-order valence-corrected chi connectivity index (χ3v) is 3.14. The van der Waals surface area contributed by atoms with Gasteiger partial charge in [0.1, 0.15) is 0 Å². The van der Waals surface area contributed by atoms with Gasteiger partial charge in [-0.25, -0.2) is 8.78 Å². The summed E-state index contributed by atoms with van der Waals surface area (Å²) >= 11 is 0. The van der Waals surface area contributed by atoms with Gasteiger partial charge in [0, 0.05) is 44.0 Å². The van der Waals surface area contributed by atoms with E-state index in [-0.39, 0.29) is 31.6 Å². The first-order chi connectivity index (χ1) is 11.9. The van der Waals surface area contributed by atoms with Crippen molar-refractivity contribution in [2.75, 3.05) is 0 Å². The van der Waals surface area contributed by atoms with Gasteiger partial charge < -0.3 is 10.1 Å². The molecule has 1 radical (unpaired) electrons. The van der Waals surface area contributed by atoms with Gasteiger partial charge in [0.15, 0.2) is 5.78 Å². The number of aliphatic hydroxyl groups excluding tert-OH is 1. The number of carbonyl (C=O) groups excluding carboxylic acids is 1. The Morgan fingerprint density at radius 1 is 1.15 bits per heavy atom. The van der Waals surface area contributed by atoms with Crippen LogP contribution >= 0.6 is 0 Å². The average Bonchev–Trinajstić information content (AvgIpc) is 2.52. The molecule has 0 saturated heterocycles. The van der Waals surface area contributed by atoms with E-state index in [0.717, 1.165) is 16.8 Å². The van der Waals surface area contributed by atoms with Crippen LogP contribution in [-0.2, 0) is 24.9 Å². The summed E-state index contributed by atoms with van der Waals surface area (Å²) in [7, 11) is 0. The molecule has 0 aliphatic heterocycles. The van der Waals surface area contributed by atoms with Crippen LogP contribution < -0.4 is 0 Å². The minimum Gasteiger partial charge on any atom is -0.512 e. The number of ketones is 1. The fraction of sp³-hybridized carbons (Fsp3) is 0.100. The van der Waals surface area contributed by atoms with Crippen molar-refractivity contribution in [2.45, 2.75) is 13.8 Å². The number of pyridine rings is 1. The van der Waals surface area contributed by atoms with Crippen molar-refractivity contribution in [1.29, 1.82) is 0 Å². The number of carbonyl (C=O) groups is 1. The number of rotatable bonds is 2. The third kappa shape index (κ3) is 6.13. The van der Waals surface area contributed by atoms with E-state index in [2.05, 4.69) is 11.1 Å². The van der Waals surface area contributed by atoms with Crippen molar-refractivity contribution < 1.29 is 38.8 Å². The average molecular weight is 533 g/mol. The van der Waals surface area contributed by atoms with Crippen molar-refractivity contribution in [1.82, 2.24) is 4.98 Å². The first-order valence-electron chi connectivity index (χ1n) is 7.47. The quantitative estimate of drug-likeness (QED) is 0.287. The van der Waals surface area contributed by atoms with Gasteiger partial charge in [-0.2, -0.15) is 0 Å². The molecule has 3 rings (SSSR count). The zero-order chi connectivity index (χ0) is 18.4. The van der Waals surface area contributed by atoms with Crippen molar-refractivity contribution in [3.8, 4) is 11.3 Å². The Balaban J connectivity index is 0.000000366. The summed E-state index contributed by atoms with van der Waals surface area (Å²) in [5, 5.41) is 10.2. The van der Waals surface area contributed by atoms with Gasteiger partial charge in [-0.05, 0) is 36.4 Å². The standard InChI is InChI=1S/C15H8F2N.C5H8O2.Ir/c16-12-7-11(8-13(17)9-12)15-14-4-2-1-3-10(14)5-6-18-15;1-4(6)3-5(2)7;/h1-7,9H;3,6H,1-2H3;/q-1;;/b;4-3-;. The predicted molar refractivity (Wildman–Crippen MR) is 93.0 cm³/mol. The van der Waals surface area contributed by atoms with Crippen LogP contribution in [0.25, 0.3) is 22.0 Å². The monoisotopic (exact) mass is 533 g/mol. The minimum atomic E-state index is -0.722. The Bertz CT molecular complexity index is 912. The molecule has 0 amide bonds. The van der Waals surface area contributed by atoms with Crippen molar-refractivity contribution in [3.63, 3.8) is 0 Å². The van der Waals surface area contributed by atoms with Gasteiger partial charge in [-0.15, -0.1) is 17.7 Å². The van der Waals surface area contributed by atoms with Gasteiger partial charge in [-0.1, -0.05) is 30.3 Å². The molecule has 6 heteroatoms. The molecule has 0 saturated carbocycles. The Morgan fingerprint density at radius 2 is 1.85 bits per heavy atom. The molecule has 0 aliphatic carbocycles. The van der Waals surface area contributed by atoms with E-state index in [4.69, 9.17) is 5.11 Å². The van der Waals surface area contributed by atoms with Crippen molar-refractivity contribution in [3.05, 3.63) is 78.2 Å². The molecule has 0 fully saturated rings. The first kappa shape index (κ1) is 21.6. The molecule has 1 N–H and O–H groups in total. The molecule has 3 aromatic rings. The molecule has 0 aliphatic rings. The molecule has 0 bridgehead atoms.